The molecule has 2 saturated carbocycles. The maximum Gasteiger partial charge on any atom is 0.311 e. The zero-order chi connectivity index (χ0) is 25.6. The van der Waals surface area contributed by atoms with Crippen molar-refractivity contribution in [2.24, 2.45) is 34.5 Å². The molecule has 0 amide bonds. The van der Waals surface area contributed by atoms with Gasteiger partial charge in [-0.3, -0.25) is 9.59 Å². The van der Waals surface area contributed by atoms with Gasteiger partial charge in [0.2, 0.25) is 0 Å². The molecule has 0 aromatic rings. The molecule has 0 aromatic carbocycles. The van der Waals surface area contributed by atoms with Crippen LogP contribution < -0.4 is 0 Å². The van der Waals surface area contributed by atoms with E-state index in [0.717, 1.165) is 0 Å². The van der Waals surface area contributed by atoms with Gasteiger partial charge < -0.3 is 24.8 Å². The molecule has 3 N–H and O–H groups in total. The normalized spacial score (nSPS) is 44.5. The molecule has 190 valence electrons. The van der Waals surface area contributed by atoms with Crippen molar-refractivity contribution >= 4 is 11.9 Å². The van der Waals surface area contributed by atoms with Crippen LogP contribution >= 0.6 is 0 Å². The van der Waals surface area contributed by atoms with Crippen molar-refractivity contribution in [3.05, 3.63) is 23.3 Å². The molecule has 0 aromatic heterocycles. The van der Waals surface area contributed by atoms with Gasteiger partial charge in [0.25, 0.3) is 0 Å². The van der Waals surface area contributed by atoms with Gasteiger partial charge in [0.05, 0.1) is 11.0 Å². The van der Waals surface area contributed by atoms with Gasteiger partial charge in [-0.2, -0.15) is 0 Å². The van der Waals surface area contributed by atoms with E-state index in [1.54, 1.807) is 33.8 Å². The number of hydrogen-bond donors (Lipinski definition) is 3. The quantitative estimate of drug-likeness (QED) is 0.424. The Labute approximate surface area is 202 Å². The van der Waals surface area contributed by atoms with Crippen LogP contribution in [0.5, 0.6) is 0 Å². The van der Waals surface area contributed by atoms with Crippen molar-refractivity contribution in [2.45, 2.75) is 91.1 Å². The lowest BCUT2D eigenvalue weighted by Crippen LogP contribution is -2.61. The second-order valence-corrected chi connectivity index (χ2v) is 12.8. The Kier molecular flexibility index (Phi) is 5.53. The summed E-state index contributed by atoms with van der Waals surface area (Å²) in [6.07, 6.45) is 3.13. The molecular formula is C27H40O7. The molecule has 4 aliphatic carbocycles. The van der Waals surface area contributed by atoms with Gasteiger partial charge >= 0.3 is 11.9 Å². The Morgan fingerprint density at radius 3 is 2.35 bits per heavy atom. The number of carbonyl (C=O) groups excluding carboxylic acids is 2. The summed E-state index contributed by atoms with van der Waals surface area (Å²) in [6.45, 7) is 14.5. The van der Waals surface area contributed by atoms with Gasteiger partial charge in [0, 0.05) is 36.5 Å². The summed E-state index contributed by atoms with van der Waals surface area (Å²) in [5, 5.41) is 35.3. The largest absolute Gasteiger partial charge is 0.461 e. The van der Waals surface area contributed by atoms with E-state index in [4.69, 9.17) is 9.47 Å². The Bertz CT molecular complexity index is 972. The average Bonchev–Trinajstić information content (AvgIpc) is 3.09. The predicted molar refractivity (Wildman–Crippen MR) is 125 cm³/mol. The fourth-order valence-corrected chi connectivity index (χ4v) is 7.39. The van der Waals surface area contributed by atoms with Crippen LogP contribution in [0.15, 0.2) is 23.3 Å². The number of aliphatic hydroxyl groups excluding tert-OH is 1. The number of aliphatic hydroxyl groups is 3. The van der Waals surface area contributed by atoms with Gasteiger partial charge in [0.1, 0.15) is 23.9 Å². The Balaban J connectivity index is 1.81. The topological polar surface area (TPSA) is 113 Å². The van der Waals surface area contributed by atoms with Crippen molar-refractivity contribution < 1.29 is 34.4 Å². The first-order chi connectivity index (χ1) is 15.4. The lowest BCUT2D eigenvalue weighted by molar-refractivity contribution is -0.196. The molecule has 0 spiro atoms. The van der Waals surface area contributed by atoms with Crippen LogP contribution in [0.25, 0.3) is 0 Å². The molecule has 0 aliphatic heterocycles. The number of ether oxygens (including phenoxy) is 2. The first-order valence-corrected chi connectivity index (χ1v) is 12.3. The van der Waals surface area contributed by atoms with E-state index in [2.05, 4.69) is 0 Å². The molecule has 1 unspecified atom stereocenters. The summed E-state index contributed by atoms with van der Waals surface area (Å²) in [6, 6.07) is 0. The first-order valence-electron chi connectivity index (χ1n) is 12.3. The van der Waals surface area contributed by atoms with Crippen LogP contribution in [0.1, 0.15) is 68.2 Å². The van der Waals surface area contributed by atoms with Crippen molar-refractivity contribution in [3.63, 3.8) is 0 Å². The van der Waals surface area contributed by atoms with Gasteiger partial charge in [-0.05, 0) is 51.2 Å². The fraction of sp³-hybridized carbons (Fsp3) is 0.778. The smallest absolute Gasteiger partial charge is 0.311 e. The summed E-state index contributed by atoms with van der Waals surface area (Å²) in [4.78, 5) is 24.5. The molecule has 0 heterocycles. The SMILES string of the molecule is CC(=O)O[C@@]12C[C@@H](C)[C@@]3(O)[C@@H](C=C(COC(=O)C(C)(C)C)C[C@]4(O)C(O)C(C)=C[C@@H]34)[C@@H]1C2(C)C. The third kappa shape index (κ3) is 3.26. The summed E-state index contributed by atoms with van der Waals surface area (Å²) >= 11 is 0. The minimum Gasteiger partial charge on any atom is -0.461 e. The lowest BCUT2D eigenvalue weighted by atomic mass is 9.60. The van der Waals surface area contributed by atoms with Crippen molar-refractivity contribution in [1.29, 1.82) is 0 Å². The van der Waals surface area contributed by atoms with E-state index in [0.29, 0.717) is 17.6 Å². The summed E-state index contributed by atoms with van der Waals surface area (Å²) in [5.74, 6) is -2.39. The standard InChI is InChI=1S/C27H40O7/c1-14-9-19-25(31,21(14)29)12-17(13-33-22(30)23(4,5)6)10-18-20-24(7,8)26(20,34-16(3)28)11-15(2)27(18,19)32/h9-10,15,18-21,29,31-32H,11-13H2,1-8H3/t15-,18+,19-,20-,21?,25-,26+,27-/m1/s1. The highest BCUT2D eigenvalue weighted by molar-refractivity contribution is 5.75. The molecule has 4 rings (SSSR count). The van der Waals surface area contributed by atoms with Crippen LogP contribution in [-0.4, -0.2) is 56.8 Å². The molecule has 7 heteroatoms. The van der Waals surface area contributed by atoms with E-state index >= 15 is 0 Å². The van der Waals surface area contributed by atoms with Crippen molar-refractivity contribution in [3.8, 4) is 0 Å². The summed E-state index contributed by atoms with van der Waals surface area (Å²) in [5.41, 5.74) is -3.50. The second kappa shape index (κ2) is 7.40. The molecule has 0 saturated heterocycles. The highest BCUT2D eigenvalue weighted by Gasteiger charge is 2.83. The summed E-state index contributed by atoms with van der Waals surface area (Å²) < 4.78 is 11.5. The average molecular weight is 477 g/mol. The molecule has 34 heavy (non-hydrogen) atoms. The highest BCUT2D eigenvalue weighted by atomic mass is 16.6. The fourth-order valence-electron chi connectivity index (χ4n) is 7.39. The van der Waals surface area contributed by atoms with Gasteiger partial charge in [0.15, 0.2) is 0 Å². The molecule has 2 fully saturated rings. The Hall–Kier alpha value is -1.70. The lowest BCUT2D eigenvalue weighted by Gasteiger charge is -2.51. The minimum absolute atomic E-state index is 0.0361. The maximum absolute atomic E-state index is 12.5. The Morgan fingerprint density at radius 1 is 1.18 bits per heavy atom. The van der Waals surface area contributed by atoms with E-state index < -0.39 is 40.2 Å². The van der Waals surface area contributed by atoms with E-state index in [9.17, 15) is 24.9 Å². The van der Waals surface area contributed by atoms with E-state index in [-0.39, 0.29) is 42.2 Å². The van der Waals surface area contributed by atoms with Gasteiger partial charge in [-0.1, -0.05) is 32.9 Å². The number of esters is 2. The zero-order valence-electron chi connectivity index (χ0n) is 21.6. The molecular weight excluding hydrogens is 436 g/mol. The van der Waals surface area contributed by atoms with Crippen LogP contribution in [0.2, 0.25) is 0 Å². The maximum atomic E-state index is 12.5. The van der Waals surface area contributed by atoms with Crippen LogP contribution in [0.3, 0.4) is 0 Å². The minimum atomic E-state index is -1.62. The summed E-state index contributed by atoms with van der Waals surface area (Å²) in [7, 11) is 0. The molecule has 0 radical (unpaired) electrons. The number of hydrogen-bond acceptors (Lipinski definition) is 7. The number of rotatable bonds is 3. The number of fused-ring (bicyclic) bond motifs is 5. The molecule has 4 aliphatic rings. The Morgan fingerprint density at radius 2 is 1.79 bits per heavy atom. The predicted octanol–water partition coefficient (Wildman–Crippen LogP) is 2.92. The third-order valence-electron chi connectivity index (χ3n) is 9.20. The number of carbonyl (C=O) groups is 2. The molecule has 8 atom stereocenters. The van der Waals surface area contributed by atoms with E-state index in [1.807, 2.05) is 26.8 Å². The zero-order valence-corrected chi connectivity index (χ0v) is 21.6. The second-order valence-electron chi connectivity index (χ2n) is 12.8. The van der Waals surface area contributed by atoms with Crippen molar-refractivity contribution in [1.82, 2.24) is 0 Å². The molecule has 7 nitrogen and oxygen atoms in total. The molecule has 0 bridgehead atoms. The van der Waals surface area contributed by atoms with Crippen LogP contribution in [0, 0.1) is 34.5 Å². The monoisotopic (exact) mass is 476 g/mol. The van der Waals surface area contributed by atoms with Crippen LogP contribution in [-0.2, 0) is 19.1 Å². The first kappa shape index (κ1) is 25.4. The van der Waals surface area contributed by atoms with Gasteiger partial charge in [-0.15, -0.1) is 0 Å². The van der Waals surface area contributed by atoms with Crippen molar-refractivity contribution in [2.75, 3.05) is 6.61 Å². The third-order valence-corrected chi connectivity index (χ3v) is 9.20. The van der Waals surface area contributed by atoms with Crippen LogP contribution in [0.4, 0.5) is 0 Å². The highest BCUT2D eigenvalue weighted by Crippen LogP contribution is 2.76. The van der Waals surface area contributed by atoms with E-state index in [1.165, 1.54) is 6.92 Å². The van der Waals surface area contributed by atoms with Gasteiger partial charge in [-0.25, -0.2) is 0 Å².